The number of nitro benzene ring substituents is 1. The lowest BCUT2D eigenvalue weighted by Crippen LogP contribution is -2.44. The van der Waals surface area contributed by atoms with E-state index < -0.39 is 10.9 Å². The Labute approximate surface area is 145 Å². The molecule has 3 N–H and O–H groups in total. The van der Waals surface area contributed by atoms with E-state index in [1.54, 1.807) is 26.0 Å². The maximum atomic E-state index is 12.1. The maximum absolute atomic E-state index is 12.1. The van der Waals surface area contributed by atoms with Crippen molar-refractivity contribution in [3.05, 3.63) is 39.4 Å². The Kier molecular flexibility index (Phi) is 5.95. The van der Waals surface area contributed by atoms with Gasteiger partial charge in [-0.1, -0.05) is 12.1 Å². The Hall–Kier alpha value is -2.64. The van der Waals surface area contributed by atoms with Crippen LogP contribution in [0.15, 0.2) is 18.2 Å². The van der Waals surface area contributed by atoms with Crippen LogP contribution in [0.2, 0.25) is 0 Å². The molecule has 1 aromatic carbocycles. The van der Waals surface area contributed by atoms with Gasteiger partial charge in [-0.2, -0.15) is 0 Å². The highest BCUT2D eigenvalue weighted by atomic mass is 16.6. The quantitative estimate of drug-likeness (QED) is 0.557. The number of urea groups is 1. The van der Waals surface area contributed by atoms with Crippen molar-refractivity contribution in [2.75, 3.05) is 0 Å². The monoisotopic (exact) mass is 349 g/mol. The Bertz CT molecular complexity index is 668. The Morgan fingerprint density at radius 1 is 1.28 bits per heavy atom. The van der Waals surface area contributed by atoms with E-state index in [2.05, 4.69) is 10.6 Å². The van der Waals surface area contributed by atoms with Crippen molar-refractivity contribution < 1.29 is 19.6 Å². The molecule has 0 radical (unpaired) electrons. The summed E-state index contributed by atoms with van der Waals surface area (Å²) in [5.41, 5.74) is 1.25. The predicted octanol–water partition coefficient (Wildman–Crippen LogP) is 2.91. The molecule has 0 bridgehead atoms. The van der Waals surface area contributed by atoms with Crippen LogP contribution in [0.5, 0.6) is 0 Å². The first-order valence-electron chi connectivity index (χ1n) is 8.32. The summed E-state index contributed by atoms with van der Waals surface area (Å²) in [6.45, 7) is 3.43. The number of rotatable bonds is 5. The van der Waals surface area contributed by atoms with E-state index in [0.29, 0.717) is 36.8 Å². The fourth-order valence-corrected chi connectivity index (χ4v) is 3.08. The highest BCUT2D eigenvalue weighted by molar-refractivity contribution is 5.75. The number of carbonyl (C=O) groups excluding carboxylic acids is 1. The molecule has 0 heterocycles. The van der Waals surface area contributed by atoms with Crippen LogP contribution < -0.4 is 10.6 Å². The van der Waals surface area contributed by atoms with Gasteiger partial charge in [0.15, 0.2) is 0 Å². The van der Waals surface area contributed by atoms with Gasteiger partial charge in [-0.25, -0.2) is 4.79 Å². The Morgan fingerprint density at radius 2 is 1.92 bits per heavy atom. The number of nitro groups is 1. The number of carboxylic acids is 1. The molecule has 1 fully saturated rings. The van der Waals surface area contributed by atoms with Crippen LogP contribution in [0, 0.1) is 23.0 Å². The van der Waals surface area contributed by atoms with Gasteiger partial charge < -0.3 is 15.7 Å². The van der Waals surface area contributed by atoms with Crippen LogP contribution in [0.3, 0.4) is 0 Å². The van der Waals surface area contributed by atoms with Crippen molar-refractivity contribution in [1.29, 1.82) is 0 Å². The van der Waals surface area contributed by atoms with Gasteiger partial charge in [0.25, 0.3) is 5.69 Å². The van der Waals surface area contributed by atoms with Gasteiger partial charge >= 0.3 is 12.0 Å². The zero-order valence-electron chi connectivity index (χ0n) is 14.3. The highest BCUT2D eigenvalue weighted by Gasteiger charge is 2.27. The maximum Gasteiger partial charge on any atom is 0.315 e. The first-order valence-corrected chi connectivity index (χ1v) is 8.32. The largest absolute Gasteiger partial charge is 0.481 e. The lowest BCUT2D eigenvalue weighted by molar-refractivity contribution is -0.385. The third-order valence-corrected chi connectivity index (χ3v) is 4.69. The van der Waals surface area contributed by atoms with Crippen LogP contribution in [-0.2, 0) is 4.79 Å². The molecule has 1 aliphatic rings. The van der Waals surface area contributed by atoms with Crippen molar-refractivity contribution in [2.45, 2.75) is 51.6 Å². The number of nitrogens with zero attached hydrogens (tertiary/aromatic N) is 1. The second kappa shape index (κ2) is 7.96. The van der Waals surface area contributed by atoms with Gasteiger partial charge in [0, 0.05) is 17.7 Å². The molecule has 1 atom stereocenters. The minimum atomic E-state index is -0.780. The van der Waals surface area contributed by atoms with Crippen LogP contribution in [-0.4, -0.2) is 28.1 Å². The molecule has 0 aromatic heterocycles. The van der Waals surface area contributed by atoms with Gasteiger partial charge in [0.05, 0.1) is 16.9 Å². The summed E-state index contributed by atoms with van der Waals surface area (Å²) in [4.78, 5) is 33.6. The fraction of sp³-hybridized carbons (Fsp3) is 0.529. The second-order valence-electron chi connectivity index (χ2n) is 6.53. The summed E-state index contributed by atoms with van der Waals surface area (Å²) in [5, 5.41) is 25.6. The van der Waals surface area contributed by atoms with E-state index in [1.807, 2.05) is 0 Å². The second-order valence-corrected chi connectivity index (χ2v) is 6.53. The minimum Gasteiger partial charge on any atom is -0.481 e. The first-order chi connectivity index (χ1) is 11.8. The lowest BCUT2D eigenvalue weighted by atomic mass is 9.86. The van der Waals surface area contributed by atoms with E-state index in [9.17, 15) is 19.7 Å². The van der Waals surface area contributed by atoms with E-state index in [4.69, 9.17) is 5.11 Å². The van der Waals surface area contributed by atoms with Gasteiger partial charge in [0.2, 0.25) is 0 Å². The smallest absolute Gasteiger partial charge is 0.315 e. The number of aryl methyl sites for hydroxylation is 1. The molecule has 8 nitrogen and oxygen atoms in total. The molecule has 1 unspecified atom stereocenters. The van der Waals surface area contributed by atoms with Gasteiger partial charge in [0.1, 0.15) is 0 Å². The van der Waals surface area contributed by atoms with Crippen molar-refractivity contribution in [2.24, 2.45) is 5.92 Å². The fourth-order valence-electron chi connectivity index (χ4n) is 3.08. The van der Waals surface area contributed by atoms with Gasteiger partial charge in [-0.15, -0.1) is 0 Å². The number of carboxylic acid groups (broad SMARTS) is 1. The lowest BCUT2D eigenvalue weighted by Gasteiger charge is -2.27. The third kappa shape index (κ3) is 4.91. The van der Waals surface area contributed by atoms with Crippen LogP contribution >= 0.6 is 0 Å². The van der Waals surface area contributed by atoms with Crippen molar-refractivity contribution in [3.63, 3.8) is 0 Å². The predicted molar refractivity (Wildman–Crippen MR) is 91.3 cm³/mol. The summed E-state index contributed by atoms with van der Waals surface area (Å²) in [7, 11) is 0. The molecule has 0 spiro atoms. The number of hydrogen-bond acceptors (Lipinski definition) is 4. The van der Waals surface area contributed by atoms with E-state index >= 15 is 0 Å². The minimum absolute atomic E-state index is 0.0264. The van der Waals surface area contributed by atoms with Crippen LogP contribution in [0.4, 0.5) is 10.5 Å². The molecule has 1 saturated carbocycles. The molecule has 2 amide bonds. The summed E-state index contributed by atoms with van der Waals surface area (Å²) in [5.74, 6) is -1.11. The van der Waals surface area contributed by atoms with E-state index in [1.165, 1.54) is 6.07 Å². The molecule has 0 aliphatic heterocycles. The molecule has 136 valence electrons. The van der Waals surface area contributed by atoms with Gasteiger partial charge in [-0.05, 0) is 45.1 Å². The average molecular weight is 349 g/mol. The molecule has 8 heteroatoms. The molecular formula is C17H23N3O5. The number of benzene rings is 1. The van der Waals surface area contributed by atoms with Crippen molar-refractivity contribution in [3.8, 4) is 0 Å². The molecule has 1 aromatic rings. The normalized spacial score (nSPS) is 21.2. The van der Waals surface area contributed by atoms with E-state index in [0.717, 1.165) is 0 Å². The Balaban J connectivity index is 1.89. The number of aliphatic carboxylic acids is 1. The standard InChI is InChI=1S/C17H23N3O5/c1-10-3-4-13(9-15(10)20(24)25)11(2)18-17(23)19-14-7-5-12(6-8-14)16(21)22/h3-4,9,11-12,14H,5-8H2,1-2H3,(H,21,22)(H2,18,19,23). The molecule has 25 heavy (non-hydrogen) atoms. The third-order valence-electron chi connectivity index (χ3n) is 4.69. The summed E-state index contributed by atoms with van der Waals surface area (Å²) >= 11 is 0. The number of hydrogen-bond donors (Lipinski definition) is 3. The van der Waals surface area contributed by atoms with E-state index in [-0.39, 0.29) is 29.7 Å². The topological polar surface area (TPSA) is 122 Å². The zero-order chi connectivity index (χ0) is 18.6. The molecule has 2 rings (SSSR count). The highest BCUT2D eigenvalue weighted by Crippen LogP contribution is 2.25. The number of nitrogens with one attached hydrogen (secondary N) is 2. The average Bonchev–Trinajstić information content (AvgIpc) is 2.55. The molecule has 1 aliphatic carbocycles. The molecular weight excluding hydrogens is 326 g/mol. The number of amides is 2. The molecule has 0 saturated heterocycles. The van der Waals surface area contributed by atoms with Gasteiger partial charge in [-0.3, -0.25) is 14.9 Å². The summed E-state index contributed by atoms with van der Waals surface area (Å²) in [6, 6.07) is 4.11. The van der Waals surface area contributed by atoms with Crippen LogP contribution in [0.1, 0.15) is 49.8 Å². The van der Waals surface area contributed by atoms with Crippen molar-refractivity contribution in [1.82, 2.24) is 10.6 Å². The SMILES string of the molecule is Cc1ccc(C(C)NC(=O)NC2CCC(C(=O)O)CC2)cc1[N+](=O)[O-]. The number of carbonyl (C=O) groups is 2. The first kappa shape index (κ1) is 18.7. The summed E-state index contributed by atoms with van der Waals surface area (Å²) in [6.07, 6.45) is 2.38. The van der Waals surface area contributed by atoms with Crippen molar-refractivity contribution >= 4 is 17.7 Å². The Morgan fingerprint density at radius 3 is 2.48 bits per heavy atom. The summed E-state index contributed by atoms with van der Waals surface area (Å²) < 4.78 is 0. The zero-order valence-corrected chi connectivity index (χ0v) is 14.3. The van der Waals surface area contributed by atoms with Crippen LogP contribution in [0.25, 0.3) is 0 Å².